The van der Waals surface area contributed by atoms with Gasteiger partial charge in [0.2, 0.25) is 0 Å². The largest absolute Gasteiger partial charge is 0.335 e. The highest BCUT2D eigenvalue weighted by molar-refractivity contribution is 5.89. The molecule has 0 bridgehead atoms. The van der Waals surface area contributed by atoms with Crippen LogP contribution in [0.2, 0.25) is 0 Å². The Morgan fingerprint density at radius 3 is 2.65 bits per heavy atom. The van der Waals surface area contributed by atoms with Gasteiger partial charge in [-0.05, 0) is 31.0 Å². The zero-order valence-electron chi connectivity index (χ0n) is 11.9. The number of rotatable bonds is 4. The van der Waals surface area contributed by atoms with Crippen molar-refractivity contribution in [1.29, 1.82) is 0 Å². The van der Waals surface area contributed by atoms with Gasteiger partial charge in [-0.2, -0.15) is 5.10 Å². The number of urea groups is 1. The van der Waals surface area contributed by atoms with Crippen LogP contribution < -0.4 is 10.6 Å². The number of amides is 2. The molecule has 0 aliphatic carbocycles. The summed E-state index contributed by atoms with van der Waals surface area (Å²) in [6, 6.07) is 5.32. The minimum absolute atomic E-state index is 0.117. The second kappa shape index (κ2) is 6.18. The van der Waals surface area contributed by atoms with E-state index in [4.69, 9.17) is 0 Å². The normalized spacial score (nSPS) is 12.2. The van der Waals surface area contributed by atoms with Crippen molar-refractivity contribution in [1.82, 2.24) is 20.1 Å². The molecule has 6 nitrogen and oxygen atoms in total. The minimum Gasteiger partial charge on any atom is -0.335 e. The van der Waals surface area contributed by atoms with Crippen molar-refractivity contribution < 1.29 is 4.79 Å². The van der Waals surface area contributed by atoms with Crippen LogP contribution in [-0.2, 0) is 0 Å². The Labute approximate surface area is 118 Å². The Kier molecular flexibility index (Phi) is 4.34. The first-order chi connectivity index (χ1) is 9.56. The van der Waals surface area contributed by atoms with Gasteiger partial charge in [0.05, 0.1) is 11.9 Å². The molecule has 2 rings (SSSR count). The van der Waals surface area contributed by atoms with Gasteiger partial charge in [0.25, 0.3) is 0 Å². The van der Waals surface area contributed by atoms with Gasteiger partial charge in [0.1, 0.15) is 0 Å². The maximum absolute atomic E-state index is 11.8. The topological polar surface area (TPSA) is 71.8 Å². The van der Waals surface area contributed by atoms with Crippen LogP contribution in [0.3, 0.4) is 0 Å². The molecule has 0 aliphatic heterocycles. The van der Waals surface area contributed by atoms with E-state index in [0.717, 1.165) is 0 Å². The summed E-state index contributed by atoms with van der Waals surface area (Å²) in [5, 5.41) is 9.72. The monoisotopic (exact) mass is 273 g/mol. The molecule has 2 heterocycles. The van der Waals surface area contributed by atoms with Gasteiger partial charge in [-0.25, -0.2) is 14.5 Å². The van der Waals surface area contributed by atoms with Gasteiger partial charge in [-0.15, -0.1) is 0 Å². The van der Waals surface area contributed by atoms with Crippen LogP contribution in [0.5, 0.6) is 0 Å². The zero-order chi connectivity index (χ0) is 14.5. The lowest BCUT2D eigenvalue weighted by molar-refractivity contribution is 0.246. The summed E-state index contributed by atoms with van der Waals surface area (Å²) in [7, 11) is 0. The van der Waals surface area contributed by atoms with Gasteiger partial charge in [-0.3, -0.25) is 0 Å². The van der Waals surface area contributed by atoms with Crippen molar-refractivity contribution in [2.24, 2.45) is 5.92 Å². The molecule has 0 radical (unpaired) electrons. The Balaban J connectivity index is 1.95. The van der Waals surface area contributed by atoms with Crippen LogP contribution in [0, 0.1) is 5.92 Å². The molecule has 0 saturated carbocycles. The third kappa shape index (κ3) is 3.57. The highest BCUT2D eigenvalue weighted by Crippen LogP contribution is 2.09. The maximum Gasteiger partial charge on any atom is 0.319 e. The standard InChI is InChI=1S/C14H19N5O/c1-10(2)11(3)17-14(20)18-12-5-6-13(15-9-12)19-8-4-7-16-19/h4-11H,1-3H3,(H2,17,18,20)/t11-/m0/s1. The fourth-order valence-corrected chi connectivity index (χ4v) is 1.54. The van der Waals surface area contributed by atoms with Crippen molar-refractivity contribution in [3.63, 3.8) is 0 Å². The average molecular weight is 273 g/mol. The van der Waals surface area contributed by atoms with Crippen LogP contribution in [0.4, 0.5) is 10.5 Å². The smallest absolute Gasteiger partial charge is 0.319 e. The van der Waals surface area contributed by atoms with E-state index < -0.39 is 0 Å². The van der Waals surface area contributed by atoms with Crippen LogP contribution in [0.25, 0.3) is 5.82 Å². The van der Waals surface area contributed by atoms with Gasteiger partial charge < -0.3 is 10.6 Å². The molecule has 106 valence electrons. The van der Waals surface area contributed by atoms with Crippen molar-refractivity contribution in [2.45, 2.75) is 26.8 Å². The van der Waals surface area contributed by atoms with Crippen molar-refractivity contribution in [3.8, 4) is 5.82 Å². The number of hydrogen-bond acceptors (Lipinski definition) is 3. The predicted octanol–water partition coefficient (Wildman–Crippen LogP) is 2.43. The quantitative estimate of drug-likeness (QED) is 0.898. The lowest BCUT2D eigenvalue weighted by Gasteiger charge is -2.17. The molecule has 0 fully saturated rings. The van der Waals surface area contributed by atoms with E-state index in [9.17, 15) is 4.79 Å². The van der Waals surface area contributed by atoms with Crippen molar-refractivity contribution >= 4 is 11.7 Å². The number of pyridine rings is 1. The van der Waals surface area contributed by atoms with Crippen LogP contribution in [-0.4, -0.2) is 26.8 Å². The van der Waals surface area contributed by atoms with Crippen molar-refractivity contribution in [2.75, 3.05) is 5.32 Å². The number of carbonyl (C=O) groups excluding carboxylic acids is 1. The summed E-state index contributed by atoms with van der Waals surface area (Å²) in [4.78, 5) is 16.0. The predicted molar refractivity (Wildman–Crippen MR) is 77.8 cm³/mol. The molecule has 20 heavy (non-hydrogen) atoms. The first-order valence-corrected chi connectivity index (χ1v) is 6.60. The number of anilines is 1. The molecule has 2 aromatic rings. The molecular formula is C14H19N5O. The first kappa shape index (κ1) is 14.0. The number of nitrogens with zero attached hydrogens (tertiary/aromatic N) is 3. The van der Waals surface area contributed by atoms with Gasteiger partial charge in [0, 0.05) is 18.4 Å². The van der Waals surface area contributed by atoms with Gasteiger partial charge in [-0.1, -0.05) is 13.8 Å². The Morgan fingerprint density at radius 2 is 2.10 bits per heavy atom. The summed E-state index contributed by atoms with van der Waals surface area (Å²) in [6.45, 7) is 6.10. The van der Waals surface area contributed by atoms with E-state index in [1.54, 1.807) is 29.2 Å². The maximum atomic E-state index is 11.8. The first-order valence-electron chi connectivity index (χ1n) is 6.60. The average Bonchev–Trinajstić information content (AvgIpc) is 2.93. The third-order valence-corrected chi connectivity index (χ3v) is 3.10. The molecule has 0 aliphatic rings. The van der Waals surface area contributed by atoms with Gasteiger partial charge in [0.15, 0.2) is 5.82 Å². The summed E-state index contributed by atoms with van der Waals surface area (Å²) >= 11 is 0. The molecule has 6 heteroatoms. The van der Waals surface area contributed by atoms with E-state index >= 15 is 0 Å². The highest BCUT2D eigenvalue weighted by Gasteiger charge is 2.10. The number of nitrogens with one attached hydrogen (secondary N) is 2. The van der Waals surface area contributed by atoms with Crippen LogP contribution in [0.1, 0.15) is 20.8 Å². The summed E-state index contributed by atoms with van der Waals surface area (Å²) in [5.74, 6) is 1.09. The van der Waals surface area contributed by atoms with E-state index in [1.165, 1.54) is 0 Å². The summed E-state index contributed by atoms with van der Waals surface area (Å²) in [5.41, 5.74) is 0.648. The van der Waals surface area contributed by atoms with Crippen LogP contribution >= 0.6 is 0 Å². The zero-order valence-corrected chi connectivity index (χ0v) is 11.9. The van der Waals surface area contributed by atoms with Crippen LogP contribution in [0.15, 0.2) is 36.8 Å². The number of aromatic nitrogens is 3. The second-order valence-corrected chi connectivity index (χ2v) is 4.99. The molecule has 0 unspecified atom stereocenters. The minimum atomic E-state index is -0.222. The van der Waals surface area contributed by atoms with Gasteiger partial charge >= 0.3 is 6.03 Å². The molecule has 0 saturated heterocycles. The Hall–Kier alpha value is -2.37. The molecule has 0 spiro atoms. The van der Waals surface area contributed by atoms with E-state index in [0.29, 0.717) is 17.4 Å². The molecule has 2 N–H and O–H groups in total. The molecule has 2 amide bonds. The number of carbonyl (C=O) groups is 1. The fraction of sp³-hybridized carbons (Fsp3) is 0.357. The molecule has 1 atom stereocenters. The highest BCUT2D eigenvalue weighted by atomic mass is 16.2. The van der Waals surface area contributed by atoms with E-state index in [1.807, 2.05) is 19.2 Å². The Bertz CT molecular complexity index is 547. The van der Waals surface area contributed by atoms with E-state index in [-0.39, 0.29) is 12.1 Å². The molecular weight excluding hydrogens is 254 g/mol. The SMILES string of the molecule is CC(C)[C@H](C)NC(=O)Nc1ccc(-n2cccn2)nc1. The van der Waals surface area contributed by atoms with E-state index in [2.05, 4.69) is 34.6 Å². The second-order valence-electron chi connectivity index (χ2n) is 4.99. The Morgan fingerprint density at radius 1 is 1.30 bits per heavy atom. The number of hydrogen-bond donors (Lipinski definition) is 2. The van der Waals surface area contributed by atoms with Crippen molar-refractivity contribution in [3.05, 3.63) is 36.8 Å². The lowest BCUT2D eigenvalue weighted by Crippen LogP contribution is -2.39. The molecule has 0 aromatic carbocycles. The summed E-state index contributed by atoms with van der Waals surface area (Å²) in [6.07, 6.45) is 5.11. The summed E-state index contributed by atoms with van der Waals surface area (Å²) < 4.78 is 1.66. The fourth-order valence-electron chi connectivity index (χ4n) is 1.54. The third-order valence-electron chi connectivity index (χ3n) is 3.10. The lowest BCUT2D eigenvalue weighted by atomic mass is 10.1. The molecule has 2 aromatic heterocycles.